The highest BCUT2D eigenvalue weighted by Crippen LogP contribution is 2.42. The van der Waals surface area contributed by atoms with E-state index in [-0.39, 0.29) is 22.6 Å². The van der Waals surface area contributed by atoms with E-state index in [9.17, 15) is 49.0 Å². The van der Waals surface area contributed by atoms with Gasteiger partial charge in [0, 0.05) is 5.92 Å². The van der Waals surface area contributed by atoms with Crippen molar-refractivity contribution in [2.24, 2.45) is 5.73 Å². The number of ether oxygens (including phenoxy) is 2. The van der Waals surface area contributed by atoms with Gasteiger partial charge in [0.15, 0.2) is 0 Å². The minimum Gasteiger partial charge on any atom is -0.457 e. The number of hydrogen-bond acceptors (Lipinski definition) is 4. The monoisotopic (exact) mass is 605 g/mol. The number of aliphatic hydroxyl groups is 1. The maximum atomic E-state index is 13.8. The van der Waals surface area contributed by atoms with Crippen molar-refractivity contribution in [3.05, 3.63) is 88.4 Å². The number of rotatable bonds is 9. The summed E-state index contributed by atoms with van der Waals surface area (Å²) >= 11 is 5.57. The standard InChI is InChI=1S/C25H18ClF10NO3/c26-20-8-7-16(12-19(20)23(29,30)31)39-15-5-2-4-14(11-15)18(22(37,38)25(34,35)36)10-13-3-1-6-17(9-13)40-24(32,33)21(27)28/h1-9,11-12,18,21,38H,10,37H2. The molecule has 0 radical (unpaired) electrons. The largest absolute Gasteiger partial charge is 0.461 e. The first kappa shape index (κ1) is 31.3. The van der Waals surface area contributed by atoms with Crippen molar-refractivity contribution in [1.82, 2.24) is 0 Å². The van der Waals surface area contributed by atoms with E-state index >= 15 is 0 Å². The topological polar surface area (TPSA) is 64.7 Å². The average Bonchev–Trinajstić information content (AvgIpc) is 2.82. The minimum atomic E-state index is -5.43. The highest BCUT2D eigenvalue weighted by atomic mass is 35.5. The lowest BCUT2D eigenvalue weighted by Gasteiger charge is -2.35. The van der Waals surface area contributed by atoms with Gasteiger partial charge in [0.05, 0.1) is 10.6 Å². The van der Waals surface area contributed by atoms with Gasteiger partial charge in [-0.2, -0.15) is 43.9 Å². The van der Waals surface area contributed by atoms with Gasteiger partial charge in [-0.15, -0.1) is 0 Å². The SMILES string of the molecule is NC(O)(C(Cc1cccc(OC(F)(F)C(F)F)c1)c1cccc(Oc2ccc(Cl)c(C(F)(F)F)c2)c1)C(F)(F)F. The van der Waals surface area contributed by atoms with E-state index in [1.165, 1.54) is 12.1 Å². The van der Waals surface area contributed by atoms with E-state index in [1.807, 2.05) is 0 Å². The van der Waals surface area contributed by atoms with Crippen molar-refractivity contribution >= 4 is 11.6 Å². The highest BCUT2D eigenvalue weighted by molar-refractivity contribution is 6.31. The first-order valence-corrected chi connectivity index (χ1v) is 11.4. The van der Waals surface area contributed by atoms with Gasteiger partial charge in [-0.25, -0.2) is 0 Å². The predicted octanol–water partition coefficient (Wildman–Crippen LogP) is 7.92. The number of nitrogens with two attached hydrogens (primary N) is 1. The molecule has 218 valence electrons. The summed E-state index contributed by atoms with van der Waals surface area (Å²) in [5, 5.41) is 9.69. The summed E-state index contributed by atoms with van der Waals surface area (Å²) in [5.41, 5.74) is -0.340. The molecule has 0 aliphatic rings. The Morgan fingerprint density at radius 3 is 2.00 bits per heavy atom. The summed E-state index contributed by atoms with van der Waals surface area (Å²) in [6.45, 7) is 0. The van der Waals surface area contributed by atoms with E-state index in [0.717, 1.165) is 48.5 Å². The van der Waals surface area contributed by atoms with Crippen LogP contribution < -0.4 is 15.2 Å². The highest BCUT2D eigenvalue weighted by Gasteiger charge is 2.56. The molecule has 0 aromatic heterocycles. The third-order valence-electron chi connectivity index (χ3n) is 5.57. The van der Waals surface area contributed by atoms with Gasteiger partial charge in [0.25, 0.3) is 0 Å². The summed E-state index contributed by atoms with van der Waals surface area (Å²) in [6.07, 6.45) is -20.1. The molecule has 0 amide bonds. The maximum absolute atomic E-state index is 13.8. The third-order valence-corrected chi connectivity index (χ3v) is 5.90. The lowest BCUT2D eigenvalue weighted by Crippen LogP contribution is -2.58. The van der Waals surface area contributed by atoms with Crippen LogP contribution in [0.4, 0.5) is 43.9 Å². The lowest BCUT2D eigenvalue weighted by molar-refractivity contribution is -0.267. The zero-order valence-corrected chi connectivity index (χ0v) is 20.5. The van der Waals surface area contributed by atoms with Crippen LogP contribution in [0.25, 0.3) is 0 Å². The molecule has 0 aliphatic heterocycles. The van der Waals surface area contributed by atoms with Gasteiger partial charge in [-0.1, -0.05) is 35.9 Å². The Hall–Kier alpha value is -3.23. The summed E-state index contributed by atoms with van der Waals surface area (Å²) in [6, 6.07) is 10.8. The molecule has 0 saturated carbocycles. The van der Waals surface area contributed by atoms with Crippen LogP contribution in [0.2, 0.25) is 5.02 Å². The number of hydrogen-bond donors (Lipinski definition) is 2. The normalized spacial score (nSPS) is 15.1. The van der Waals surface area contributed by atoms with Crippen molar-refractivity contribution < 1.29 is 58.5 Å². The molecule has 2 unspecified atom stereocenters. The van der Waals surface area contributed by atoms with Crippen LogP contribution in [0.5, 0.6) is 17.2 Å². The summed E-state index contributed by atoms with van der Waals surface area (Å²) < 4.78 is 142. The molecule has 3 rings (SSSR count). The van der Waals surface area contributed by atoms with Crippen LogP contribution in [0, 0.1) is 0 Å². The summed E-state index contributed by atoms with van der Waals surface area (Å²) in [4.78, 5) is 0. The molecule has 40 heavy (non-hydrogen) atoms. The molecule has 0 saturated heterocycles. The van der Waals surface area contributed by atoms with Gasteiger partial charge in [0.2, 0.25) is 5.72 Å². The Kier molecular flexibility index (Phi) is 8.87. The Bertz CT molecular complexity index is 1330. The fraction of sp³-hybridized carbons (Fsp3) is 0.280. The Morgan fingerprint density at radius 1 is 0.800 bits per heavy atom. The second kappa shape index (κ2) is 11.3. The van der Waals surface area contributed by atoms with E-state index in [1.54, 1.807) is 0 Å². The van der Waals surface area contributed by atoms with Crippen molar-refractivity contribution in [3.8, 4) is 17.2 Å². The molecule has 0 spiro atoms. The van der Waals surface area contributed by atoms with Gasteiger partial charge in [-0.3, -0.25) is 5.73 Å². The Labute approximate surface area is 224 Å². The molecule has 0 aliphatic carbocycles. The smallest absolute Gasteiger partial charge is 0.457 e. The number of benzene rings is 3. The first-order valence-electron chi connectivity index (χ1n) is 11.0. The molecular weight excluding hydrogens is 588 g/mol. The van der Waals surface area contributed by atoms with Gasteiger partial charge in [0.1, 0.15) is 17.2 Å². The molecule has 15 heteroatoms. The molecular formula is C25H18ClF10NO3. The van der Waals surface area contributed by atoms with Crippen molar-refractivity contribution in [3.63, 3.8) is 0 Å². The molecule has 3 N–H and O–H groups in total. The van der Waals surface area contributed by atoms with E-state index in [0.29, 0.717) is 6.07 Å². The van der Waals surface area contributed by atoms with E-state index in [2.05, 4.69) is 4.74 Å². The zero-order chi connectivity index (χ0) is 30.1. The third kappa shape index (κ3) is 7.29. The Morgan fingerprint density at radius 2 is 1.40 bits per heavy atom. The number of alkyl halides is 10. The molecule has 0 fully saturated rings. The van der Waals surface area contributed by atoms with Crippen LogP contribution in [-0.2, 0) is 12.6 Å². The molecule has 3 aromatic rings. The van der Waals surface area contributed by atoms with Gasteiger partial charge in [-0.05, 0) is 60.0 Å². The van der Waals surface area contributed by atoms with Crippen LogP contribution in [0.1, 0.15) is 22.6 Å². The minimum absolute atomic E-state index is 0.167. The lowest BCUT2D eigenvalue weighted by atomic mass is 9.83. The van der Waals surface area contributed by atoms with Gasteiger partial charge >= 0.3 is 24.9 Å². The fourth-order valence-corrected chi connectivity index (χ4v) is 3.84. The number of halogens is 11. The molecule has 3 aromatic carbocycles. The molecule has 0 bridgehead atoms. The second-order valence-corrected chi connectivity index (χ2v) is 8.91. The van der Waals surface area contributed by atoms with E-state index < -0.39 is 59.3 Å². The summed E-state index contributed by atoms with van der Waals surface area (Å²) in [5.74, 6) is -3.45. The van der Waals surface area contributed by atoms with Crippen LogP contribution >= 0.6 is 11.6 Å². The summed E-state index contributed by atoms with van der Waals surface area (Å²) in [7, 11) is 0. The quantitative estimate of drug-likeness (QED) is 0.192. The zero-order valence-electron chi connectivity index (χ0n) is 19.7. The molecule has 0 heterocycles. The van der Waals surface area contributed by atoms with Crippen molar-refractivity contribution in [2.45, 2.75) is 43.0 Å². The second-order valence-electron chi connectivity index (χ2n) is 8.51. The van der Waals surface area contributed by atoms with Crippen molar-refractivity contribution in [1.29, 1.82) is 0 Å². The Balaban J connectivity index is 1.98. The van der Waals surface area contributed by atoms with Crippen LogP contribution in [-0.4, -0.2) is 29.5 Å². The van der Waals surface area contributed by atoms with E-state index in [4.69, 9.17) is 22.1 Å². The predicted molar refractivity (Wildman–Crippen MR) is 123 cm³/mol. The van der Waals surface area contributed by atoms with Gasteiger partial charge < -0.3 is 14.6 Å². The fourth-order valence-electron chi connectivity index (χ4n) is 3.61. The van der Waals surface area contributed by atoms with Crippen molar-refractivity contribution in [2.75, 3.05) is 0 Å². The average molecular weight is 606 g/mol. The maximum Gasteiger partial charge on any atom is 0.461 e. The molecule has 4 nitrogen and oxygen atoms in total. The first-order chi connectivity index (χ1) is 18.3. The van der Waals surface area contributed by atoms with Crippen LogP contribution in [0.3, 0.4) is 0 Å². The van der Waals surface area contributed by atoms with Crippen LogP contribution in [0.15, 0.2) is 66.7 Å². The molecule has 2 atom stereocenters.